The van der Waals surface area contributed by atoms with Crippen molar-refractivity contribution in [2.24, 2.45) is 5.92 Å². The maximum atomic E-state index is 11.1. The van der Waals surface area contributed by atoms with Crippen LogP contribution in [-0.4, -0.2) is 180 Å². The average Bonchev–Trinajstić information content (AvgIpc) is 0.887. The Morgan fingerprint density at radius 1 is 0.280 bits per heavy atom. The summed E-state index contributed by atoms with van der Waals surface area (Å²) in [5, 5.41) is 83.2. The molecule has 0 bridgehead atoms. The van der Waals surface area contributed by atoms with Crippen molar-refractivity contribution < 1.29 is 94.3 Å². The first-order valence-corrected chi connectivity index (χ1v) is 65.7. The Morgan fingerprint density at radius 2 is 0.547 bits per heavy atom. The largest absolute Gasteiger partial charge is 0.508 e. The Labute approximate surface area is 906 Å². The predicted molar refractivity (Wildman–Crippen MR) is 624 cm³/mol. The number of rotatable bonds is 54. The third kappa shape index (κ3) is 41.8. The van der Waals surface area contributed by atoms with Gasteiger partial charge in [-0.1, -0.05) is 325 Å². The molecule has 12 rings (SSSR count). The summed E-state index contributed by atoms with van der Waals surface area (Å²) in [5.74, 6) is 2.28. The Balaban J connectivity index is 0.000000248. The standard InChI is InChI=1S/C31H32O4.C31H32.C23H24O3.C18H42O4Si2.C12H30O5Si2.C10H22O4Si/c1-18-5-7-28(32)22(9-18)15-24-11-20(3)13-26(30(24)34)17-27-14-21(4)12-25(31(27)35)16-23-10-19(2)6-8-29(23)33;1-30(2,26-11-7-5-8-12-26)28-19-15-24(16-20-28)23-25-17-21-29(22-18-25)31(3,4)27-13-9-6-10-14-27;1-14-4-6-21(24)17(8-14)12-19-10-16(3)11-20(23(19)26)13-18-9-15(2)5-7-22(18)25;1-7-19-23(5,20-8-2)17-15-13-11-12-14-16-18-24(6,21-9-3)22-10-4;1-14-18(5,15-2)10-8-6-7-9-11-19(12-13,16-3)17-4;1-11-15(12-2,13-3)8-4-7-14-9-10-5-6-10/h5-14,32-35H,15-17H2,1-4H3;5-22H,23H2,1-4H3;4-11,24-26H,12-13H2,1-3H3;7-18H2,1-6H3;13H,6-12H2,1-5H3;10H,4-9H2,1-3H3. The third-order valence-electron chi connectivity index (χ3n) is 28.7. The fourth-order valence-corrected chi connectivity index (χ4v) is 29.0. The van der Waals surface area contributed by atoms with Crippen LogP contribution in [0.3, 0.4) is 0 Å². The molecule has 0 radical (unpaired) electrons. The molecule has 25 heteroatoms. The first-order chi connectivity index (χ1) is 71.5. The molecule has 1 fully saturated rings. The van der Waals surface area contributed by atoms with Crippen molar-refractivity contribution in [1.82, 2.24) is 0 Å². The molecular weight excluding hydrogens is 1960 g/mol. The minimum Gasteiger partial charge on any atom is -0.508 e. The highest BCUT2D eigenvalue weighted by atomic mass is 28.4. The summed E-state index contributed by atoms with van der Waals surface area (Å²) in [6.07, 6.45) is 18.8. The van der Waals surface area contributed by atoms with Gasteiger partial charge in [-0.05, 0) is 265 Å². The summed E-state index contributed by atoms with van der Waals surface area (Å²) in [5.41, 5.74) is 22.9. The molecule has 0 amide bonds. The van der Waals surface area contributed by atoms with Crippen LogP contribution in [0.1, 0.15) is 267 Å². The summed E-state index contributed by atoms with van der Waals surface area (Å²) in [4.78, 5) is 0. The zero-order valence-electron chi connectivity index (χ0n) is 95.3. The average molecular weight is 2150 g/mol. The molecule has 1 aliphatic carbocycles. The van der Waals surface area contributed by atoms with Crippen LogP contribution >= 0.6 is 0 Å². The lowest BCUT2D eigenvalue weighted by Crippen LogP contribution is -2.44. The van der Waals surface area contributed by atoms with Crippen LogP contribution in [0.15, 0.2) is 218 Å². The number of aliphatic hydroxyl groups is 1. The highest BCUT2D eigenvalue weighted by Crippen LogP contribution is 2.41. The topological polar surface area (TPSA) is 273 Å². The van der Waals surface area contributed by atoms with Crippen molar-refractivity contribution in [3.8, 4) is 40.2 Å². The van der Waals surface area contributed by atoms with Gasteiger partial charge in [-0.3, -0.25) is 0 Å². The number of aliphatic hydroxyl groups excluding tert-OH is 1. The molecule has 1 saturated carbocycles. The first kappa shape index (κ1) is 127. The Bertz CT molecular complexity index is 5440. The predicted octanol–water partition coefficient (Wildman–Crippen LogP) is 28.8. The molecule has 0 unspecified atom stereocenters. The molecule has 0 atom stereocenters. The molecule has 150 heavy (non-hydrogen) atoms. The summed E-state index contributed by atoms with van der Waals surface area (Å²) in [7, 11) is 1.28. The van der Waals surface area contributed by atoms with Gasteiger partial charge in [0, 0.05) is 138 Å². The van der Waals surface area contributed by atoms with Gasteiger partial charge in [-0.15, -0.1) is 0 Å². The van der Waals surface area contributed by atoms with Crippen molar-refractivity contribution >= 4 is 43.0 Å². The molecule has 822 valence electrons. The van der Waals surface area contributed by atoms with Gasteiger partial charge >= 0.3 is 43.0 Å². The van der Waals surface area contributed by atoms with Gasteiger partial charge < -0.3 is 94.3 Å². The number of hydrogen-bond donors (Lipinski definition) is 8. The Hall–Kier alpha value is -9.42. The molecule has 0 aromatic heterocycles. The van der Waals surface area contributed by atoms with E-state index in [9.17, 15) is 40.9 Å². The zero-order chi connectivity index (χ0) is 110. The first-order valence-electron chi connectivity index (χ1n) is 54.0. The van der Waals surface area contributed by atoms with E-state index in [-0.39, 0.29) is 57.3 Å². The summed E-state index contributed by atoms with van der Waals surface area (Å²) in [6.45, 7) is 42.5. The van der Waals surface area contributed by atoms with Gasteiger partial charge in [-0.2, -0.15) is 0 Å². The molecule has 8 N–H and O–H groups in total. The van der Waals surface area contributed by atoms with Crippen LogP contribution in [0.4, 0.5) is 0 Å². The minimum atomic E-state index is -2.36. The van der Waals surface area contributed by atoms with E-state index in [1.165, 1.54) is 84.7 Å². The molecule has 11 aromatic rings. The highest BCUT2D eigenvalue weighted by Gasteiger charge is 2.39. The lowest BCUT2D eigenvalue weighted by Gasteiger charge is -2.26. The second kappa shape index (κ2) is 64.1. The van der Waals surface area contributed by atoms with Crippen molar-refractivity contribution in [1.29, 1.82) is 0 Å². The van der Waals surface area contributed by atoms with Crippen molar-refractivity contribution in [2.45, 2.75) is 287 Å². The van der Waals surface area contributed by atoms with Crippen molar-refractivity contribution in [2.75, 3.05) is 95.6 Å². The van der Waals surface area contributed by atoms with Gasteiger partial charge in [0.25, 0.3) is 0 Å². The van der Waals surface area contributed by atoms with Crippen LogP contribution in [0, 0.1) is 54.4 Å². The number of aromatic hydroxyl groups is 7. The van der Waals surface area contributed by atoms with E-state index < -0.39 is 43.0 Å². The quantitative estimate of drug-likeness (QED) is 0.0130. The SMILES string of the molecule is CC(C)(c1ccccc1)c1ccc(Cc2ccc(C(C)(C)c3ccccc3)cc2)cc1.CCO[Si](C)(CCCCCCCC[Si](C)(OCC)OCC)OCC.CO[Si](C)(CCCCCC[Si](CO)(OC)OC)OC.CO[Si](CCCOCC1CC1)(OC)OC.Cc1ccc(O)c(Cc2cc(C)cc(Cc3cc(C)cc(Cc4cc(C)ccc4O)c3O)c2O)c1.Cc1ccc(O)c(Cc2cc(C)cc(Cc3cc(C)ccc3O)c2O)c1. The fourth-order valence-electron chi connectivity index (χ4n) is 19.1. The van der Waals surface area contributed by atoms with Gasteiger partial charge in [-0.25, -0.2) is 0 Å². The lowest BCUT2D eigenvalue weighted by atomic mass is 9.77. The second-order valence-electron chi connectivity index (χ2n) is 41.7. The number of ether oxygens (including phenoxy) is 1. The molecule has 0 spiro atoms. The molecule has 0 heterocycles. The van der Waals surface area contributed by atoms with Crippen molar-refractivity contribution in [3.63, 3.8) is 0 Å². The Morgan fingerprint density at radius 3 is 0.813 bits per heavy atom. The summed E-state index contributed by atoms with van der Waals surface area (Å²) >= 11 is 0. The third-order valence-corrected chi connectivity index (χ3v) is 43.7. The molecule has 0 saturated heterocycles. The van der Waals surface area contributed by atoms with Gasteiger partial charge in [0.05, 0.1) is 6.23 Å². The van der Waals surface area contributed by atoms with Crippen molar-refractivity contribution in [3.05, 3.63) is 346 Å². The fraction of sp³-hybridized carbons (Fsp3) is 0.472. The van der Waals surface area contributed by atoms with E-state index in [1.807, 2.05) is 133 Å². The second-order valence-corrected chi connectivity index (χ2v) is 58.6. The molecule has 1 aliphatic rings. The van der Waals surface area contributed by atoms with Gasteiger partial charge in [0.1, 0.15) is 40.2 Å². The van der Waals surface area contributed by atoms with E-state index in [0.29, 0.717) is 32.1 Å². The highest BCUT2D eigenvalue weighted by molar-refractivity contribution is 6.67. The maximum Gasteiger partial charge on any atom is 0.500 e. The lowest BCUT2D eigenvalue weighted by molar-refractivity contribution is 0.103. The molecule has 11 aromatic carbocycles. The van der Waals surface area contributed by atoms with E-state index >= 15 is 0 Å². The summed E-state index contributed by atoms with van der Waals surface area (Å²) in [6, 6.07) is 78.2. The van der Waals surface area contributed by atoms with Gasteiger partial charge in [0.2, 0.25) is 0 Å². The number of hydrogen-bond acceptors (Lipinski definition) is 20. The van der Waals surface area contributed by atoms with Crippen LogP contribution in [-0.2, 0) is 103 Å². The van der Waals surface area contributed by atoms with E-state index in [4.69, 9.17) is 53.4 Å². The molecule has 0 aliphatic heterocycles. The summed E-state index contributed by atoms with van der Waals surface area (Å²) < 4.78 is 66.7. The number of benzene rings is 11. The van der Waals surface area contributed by atoms with Crippen LogP contribution in [0.2, 0.25) is 49.9 Å². The molecule has 20 nitrogen and oxygen atoms in total. The normalized spacial score (nSPS) is 12.3. The monoisotopic (exact) mass is 2140 g/mol. The van der Waals surface area contributed by atoms with Crippen LogP contribution in [0.25, 0.3) is 0 Å². The van der Waals surface area contributed by atoms with Crippen LogP contribution in [0.5, 0.6) is 40.2 Å². The number of unbranched alkanes of at least 4 members (excludes halogenated alkanes) is 8. The Kier molecular flexibility index (Phi) is 54.4. The number of phenolic OH excluding ortho intramolecular Hbond substituents is 7. The van der Waals surface area contributed by atoms with Crippen LogP contribution < -0.4 is 0 Å². The zero-order valence-corrected chi connectivity index (χ0v) is 100. The minimum absolute atomic E-state index is 0.00442. The van der Waals surface area contributed by atoms with E-state index in [1.54, 1.807) is 74.0 Å². The number of phenols is 7. The van der Waals surface area contributed by atoms with E-state index in [2.05, 4.69) is 184 Å². The van der Waals surface area contributed by atoms with Gasteiger partial charge in [0.15, 0.2) is 0 Å². The van der Waals surface area contributed by atoms with E-state index in [0.717, 1.165) is 209 Å². The molecular formula is C125H182O20Si5. The smallest absolute Gasteiger partial charge is 0.500 e. The maximum absolute atomic E-state index is 11.1. The number of aryl methyl sites for hydroxylation is 7.